The summed E-state index contributed by atoms with van der Waals surface area (Å²) in [5.41, 5.74) is 4.40. The Morgan fingerprint density at radius 2 is 2.10 bits per heavy atom. The summed E-state index contributed by atoms with van der Waals surface area (Å²) < 4.78 is 0. The number of amidine groups is 1. The number of thioether (sulfide) groups is 1. The largest absolute Gasteiger partial charge is 0.354 e. The average molecular weight is 464 g/mol. The van der Waals surface area contributed by atoms with Crippen LogP contribution in [-0.2, 0) is 15.3 Å². The van der Waals surface area contributed by atoms with Crippen LogP contribution in [0.5, 0.6) is 0 Å². The van der Waals surface area contributed by atoms with Gasteiger partial charge in [0.2, 0.25) is 11.8 Å². The van der Waals surface area contributed by atoms with Gasteiger partial charge in [-0.05, 0) is 38.7 Å². The van der Waals surface area contributed by atoms with Gasteiger partial charge in [-0.15, -0.1) is 11.6 Å². The topological polar surface area (TPSA) is 77.0 Å². The first-order valence-corrected chi connectivity index (χ1v) is 12.4. The van der Waals surface area contributed by atoms with Gasteiger partial charge in [0.05, 0.1) is 5.92 Å². The lowest BCUT2D eigenvalue weighted by Gasteiger charge is -2.51. The van der Waals surface area contributed by atoms with E-state index < -0.39 is 0 Å². The number of fused-ring (bicyclic) bond motifs is 3. The van der Waals surface area contributed by atoms with Crippen molar-refractivity contribution in [1.82, 2.24) is 20.5 Å². The fraction of sp³-hybridized carbons (Fsp3) is 0.591. The van der Waals surface area contributed by atoms with Gasteiger partial charge >= 0.3 is 0 Å². The number of nitrogens with zero attached hydrogens (tertiary/aromatic N) is 3. The third kappa shape index (κ3) is 4.95. The predicted molar refractivity (Wildman–Crippen MR) is 124 cm³/mol. The fourth-order valence-electron chi connectivity index (χ4n) is 4.59. The van der Waals surface area contributed by atoms with Crippen molar-refractivity contribution in [3.63, 3.8) is 0 Å². The summed E-state index contributed by atoms with van der Waals surface area (Å²) >= 11 is 8.13. The van der Waals surface area contributed by atoms with Crippen molar-refractivity contribution >= 4 is 40.3 Å². The Morgan fingerprint density at radius 1 is 1.32 bits per heavy atom. The molecule has 31 heavy (non-hydrogen) atoms. The molecule has 168 valence electrons. The monoisotopic (exact) mass is 463 g/mol. The van der Waals surface area contributed by atoms with E-state index in [4.69, 9.17) is 11.6 Å². The summed E-state index contributed by atoms with van der Waals surface area (Å²) in [5.74, 6) is 0.673. The van der Waals surface area contributed by atoms with Crippen molar-refractivity contribution < 1.29 is 9.59 Å². The van der Waals surface area contributed by atoms with E-state index >= 15 is 0 Å². The van der Waals surface area contributed by atoms with Crippen LogP contribution in [0.1, 0.15) is 45.1 Å². The van der Waals surface area contributed by atoms with Gasteiger partial charge in [0.1, 0.15) is 0 Å². The molecule has 1 aliphatic carbocycles. The Hall–Kier alpha value is -1.93. The maximum atomic E-state index is 13.4. The smallest absolute Gasteiger partial charge is 0.230 e. The van der Waals surface area contributed by atoms with E-state index in [2.05, 4.69) is 32.9 Å². The third-order valence-corrected chi connectivity index (χ3v) is 7.44. The first kappa shape index (κ1) is 22.3. The minimum Gasteiger partial charge on any atom is -0.354 e. The zero-order chi connectivity index (χ0) is 22.0. The normalized spacial score (nSPS) is 27.5. The highest BCUT2D eigenvalue weighted by Gasteiger charge is 2.52. The van der Waals surface area contributed by atoms with Crippen LogP contribution in [0, 0.1) is 5.92 Å². The van der Waals surface area contributed by atoms with Crippen LogP contribution in [-0.4, -0.2) is 57.1 Å². The lowest BCUT2D eigenvalue weighted by atomic mass is 9.81. The first-order valence-electron chi connectivity index (χ1n) is 11.0. The van der Waals surface area contributed by atoms with Crippen LogP contribution in [0.15, 0.2) is 35.4 Å². The number of amides is 2. The molecule has 2 aliphatic heterocycles. The highest BCUT2D eigenvalue weighted by Crippen LogP contribution is 2.40. The lowest BCUT2D eigenvalue weighted by Crippen LogP contribution is -2.67. The summed E-state index contributed by atoms with van der Waals surface area (Å²) in [6.45, 7) is 4.22. The molecule has 4 rings (SSSR count). The van der Waals surface area contributed by atoms with Crippen molar-refractivity contribution in [3.05, 3.63) is 35.9 Å². The van der Waals surface area contributed by atoms with E-state index in [1.54, 1.807) is 16.7 Å². The molecule has 0 aromatic heterocycles. The van der Waals surface area contributed by atoms with Crippen LogP contribution in [0.4, 0.5) is 0 Å². The van der Waals surface area contributed by atoms with Gasteiger partial charge in [-0.1, -0.05) is 42.1 Å². The van der Waals surface area contributed by atoms with E-state index in [0.29, 0.717) is 13.0 Å². The Balaban J connectivity index is 1.50. The van der Waals surface area contributed by atoms with Gasteiger partial charge in [-0.25, -0.2) is 0 Å². The molecule has 2 fully saturated rings. The summed E-state index contributed by atoms with van der Waals surface area (Å²) in [6, 6.07) is 10.5. The van der Waals surface area contributed by atoms with E-state index in [0.717, 1.165) is 23.8 Å². The molecule has 0 spiro atoms. The maximum Gasteiger partial charge on any atom is 0.230 e. The zero-order valence-electron chi connectivity index (χ0n) is 18.0. The fourth-order valence-corrected chi connectivity index (χ4v) is 5.90. The number of hydrogen-bond acceptors (Lipinski definition) is 6. The highest BCUT2D eigenvalue weighted by atomic mass is 35.5. The van der Waals surface area contributed by atoms with Crippen LogP contribution < -0.4 is 10.7 Å². The van der Waals surface area contributed by atoms with Crippen molar-refractivity contribution in [2.24, 2.45) is 11.0 Å². The Morgan fingerprint density at radius 3 is 2.84 bits per heavy atom. The Labute approximate surface area is 192 Å². The Bertz CT molecular complexity index is 836. The van der Waals surface area contributed by atoms with E-state index in [1.165, 1.54) is 5.56 Å². The van der Waals surface area contributed by atoms with Crippen molar-refractivity contribution in [1.29, 1.82) is 0 Å². The number of halogens is 1. The molecule has 2 heterocycles. The molecule has 7 nitrogen and oxygen atoms in total. The number of carbonyl (C=O) groups is 2. The molecule has 0 bridgehead atoms. The number of carbonyl (C=O) groups excluding carboxylic acids is 2. The van der Waals surface area contributed by atoms with Gasteiger partial charge in [-0.2, -0.15) is 5.10 Å². The minimum absolute atomic E-state index is 0.0146. The standard InChI is InChI=1S/C22H30ClN5O2S/c1-14(2)24-19(29)10-11-27-20(30)17-12-16(23)8-9-18(17)28-21(27)25-26-22(28)31-13-15-6-4-3-5-7-15/h3-7,14,16-18,21,25H,8-13H2,1-2H3,(H,24,29). The average Bonchev–Trinajstić information content (AvgIpc) is 3.16. The second kappa shape index (κ2) is 9.69. The molecule has 2 N–H and O–H groups in total. The number of hydrazone groups is 1. The summed E-state index contributed by atoms with van der Waals surface area (Å²) in [5, 5.41) is 8.41. The predicted octanol–water partition coefficient (Wildman–Crippen LogP) is 2.91. The number of rotatable bonds is 6. The lowest BCUT2D eigenvalue weighted by molar-refractivity contribution is -0.155. The SMILES string of the molecule is CC(C)NC(=O)CCN1C(=O)C2CC(Cl)CCC2N2C(SCc3ccccc3)=NNC12. The molecular formula is C22H30ClN5O2S. The van der Waals surface area contributed by atoms with E-state index in [9.17, 15) is 9.59 Å². The molecule has 2 amide bonds. The molecule has 4 unspecified atom stereocenters. The molecule has 4 atom stereocenters. The number of alkyl halides is 1. The summed E-state index contributed by atoms with van der Waals surface area (Å²) in [6.07, 6.45) is 2.36. The van der Waals surface area contributed by atoms with E-state index in [1.807, 2.05) is 32.0 Å². The molecule has 3 aliphatic rings. The van der Waals surface area contributed by atoms with Crippen LogP contribution in [0.3, 0.4) is 0 Å². The quantitative estimate of drug-likeness (QED) is 0.634. The van der Waals surface area contributed by atoms with Crippen molar-refractivity contribution in [2.45, 2.75) is 69.0 Å². The minimum atomic E-state index is -0.342. The van der Waals surface area contributed by atoms with Crippen LogP contribution >= 0.6 is 23.4 Å². The maximum absolute atomic E-state index is 13.4. The van der Waals surface area contributed by atoms with Gasteiger partial charge in [-0.3, -0.25) is 15.0 Å². The summed E-state index contributed by atoms with van der Waals surface area (Å²) in [7, 11) is 0. The molecule has 9 heteroatoms. The van der Waals surface area contributed by atoms with Gasteiger partial charge in [0, 0.05) is 36.2 Å². The first-order chi connectivity index (χ1) is 14.9. The molecule has 1 aromatic carbocycles. The number of benzene rings is 1. The molecule has 1 aromatic rings. The van der Waals surface area contributed by atoms with Gasteiger partial charge < -0.3 is 15.1 Å². The molecule has 0 radical (unpaired) electrons. The molecular weight excluding hydrogens is 434 g/mol. The zero-order valence-corrected chi connectivity index (χ0v) is 19.5. The van der Waals surface area contributed by atoms with Gasteiger partial charge in [0.25, 0.3) is 0 Å². The second-order valence-electron chi connectivity index (χ2n) is 8.67. The Kier molecular flexibility index (Phi) is 6.96. The van der Waals surface area contributed by atoms with Crippen molar-refractivity contribution in [3.8, 4) is 0 Å². The van der Waals surface area contributed by atoms with Crippen LogP contribution in [0.2, 0.25) is 0 Å². The van der Waals surface area contributed by atoms with Gasteiger partial charge in [0.15, 0.2) is 11.5 Å². The molecule has 1 saturated heterocycles. The number of hydrogen-bond donors (Lipinski definition) is 2. The molecule has 1 saturated carbocycles. The number of nitrogens with one attached hydrogen (secondary N) is 2. The second-order valence-corrected chi connectivity index (χ2v) is 10.2. The van der Waals surface area contributed by atoms with E-state index in [-0.39, 0.29) is 47.9 Å². The van der Waals surface area contributed by atoms with Crippen molar-refractivity contribution in [2.75, 3.05) is 6.54 Å². The summed E-state index contributed by atoms with van der Waals surface area (Å²) in [4.78, 5) is 29.6. The highest BCUT2D eigenvalue weighted by molar-refractivity contribution is 8.13. The third-order valence-electron chi connectivity index (χ3n) is 6.00. The van der Waals surface area contributed by atoms with Crippen LogP contribution in [0.25, 0.3) is 0 Å².